The van der Waals surface area contributed by atoms with Crippen LogP contribution < -0.4 is 4.74 Å². The first-order valence-electron chi connectivity index (χ1n) is 7.36. The number of aliphatic carboxylic acids is 1. The Hall–Kier alpha value is -2.48. The highest BCUT2D eigenvalue weighted by Crippen LogP contribution is 2.29. The van der Waals surface area contributed by atoms with Crippen LogP contribution in [-0.4, -0.2) is 50.4 Å². The lowest BCUT2D eigenvalue weighted by Gasteiger charge is -2.21. The Morgan fingerprint density at radius 3 is 3.13 bits per heavy atom. The van der Waals surface area contributed by atoms with Crippen LogP contribution in [0.5, 0.6) is 5.88 Å². The summed E-state index contributed by atoms with van der Waals surface area (Å²) in [6, 6.07) is 3.68. The number of carboxylic acids is 1. The van der Waals surface area contributed by atoms with Crippen LogP contribution in [-0.2, 0) is 22.5 Å². The second-order valence-corrected chi connectivity index (χ2v) is 5.54. The summed E-state index contributed by atoms with van der Waals surface area (Å²) in [5.74, 6) is -0.407. The quantitative estimate of drug-likeness (QED) is 0.845. The van der Waals surface area contributed by atoms with E-state index >= 15 is 0 Å². The fraction of sp³-hybridized carbons (Fsp3) is 0.467. The molecule has 0 saturated carbocycles. The first-order chi connectivity index (χ1) is 11.1. The van der Waals surface area contributed by atoms with E-state index in [0.717, 1.165) is 12.0 Å². The number of methoxy groups -OCH3 is 1. The maximum absolute atomic E-state index is 11.5. The van der Waals surface area contributed by atoms with Crippen LogP contribution in [0.15, 0.2) is 24.5 Å². The number of carboxylic acid groups (broad SMARTS) is 1. The summed E-state index contributed by atoms with van der Waals surface area (Å²) in [5, 5.41) is 17.5. The van der Waals surface area contributed by atoms with Crippen molar-refractivity contribution < 1.29 is 19.4 Å². The number of ether oxygens (including phenoxy) is 2. The summed E-state index contributed by atoms with van der Waals surface area (Å²) in [5.41, 5.74) is 0.412. The number of pyridine rings is 1. The molecule has 8 heteroatoms. The zero-order chi connectivity index (χ0) is 16.3. The van der Waals surface area contributed by atoms with E-state index in [0.29, 0.717) is 31.1 Å². The van der Waals surface area contributed by atoms with Crippen LogP contribution >= 0.6 is 0 Å². The summed E-state index contributed by atoms with van der Waals surface area (Å²) in [6.45, 7) is 0.976. The molecule has 0 radical (unpaired) electrons. The van der Waals surface area contributed by atoms with Crippen molar-refractivity contribution in [2.24, 2.45) is 0 Å². The molecule has 0 aromatic carbocycles. The molecule has 1 atom stereocenters. The molecule has 0 bridgehead atoms. The number of hydrogen-bond acceptors (Lipinski definition) is 6. The molecule has 23 heavy (non-hydrogen) atoms. The first-order valence-corrected chi connectivity index (χ1v) is 7.36. The molecular weight excluding hydrogens is 300 g/mol. The van der Waals surface area contributed by atoms with Gasteiger partial charge in [-0.2, -0.15) is 0 Å². The Kier molecular flexibility index (Phi) is 4.24. The van der Waals surface area contributed by atoms with Gasteiger partial charge in [0.1, 0.15) is 0 Å². The van der Waals surface area contributed by atoms with E-state index in [1.54, 1.807) is 24.2 Å². The predicted molar refractivity (Wildman–Crippen MR) is 79.2 cm³/mol. The highest BCUT2D eigenvalue weighted by Gasteiger charge is 2.43. The lowest BCUT2D eigenvalue weighted by molar-refractivity contribution is -0.160. The van der Waals surface area contributed by atoms with Gasteiger partial charge < -0.3 is 14.6 Å². The van der Waals surface area contributed by atoms with Crippen molar-refractivity contribution >= 4 is 5.97 Å². The summed E-state index contributed by atoms with van der Waals surface area (Å²) >= 11 is 0. The molecule has 1 fully saturated rings. The first kappa shape index (κ1) is 15.4. The zero-order valence-electron chi connectivity index (χ0n) is 12.8. The van der Waals surface area contributed by atoms with Crippen molar-refractivity contribution in [2.45, 2.75) is 31.4 Å². The minimum atomic E-state index is -1.17. The van der Waals surface area contributed by atoms with E-state index in [1.165, 1.54) is 0 Å². The van der Waals surface area contributed by atoms with Gasteiger partial charge in [-0.1, -0.05) is 5.21 Å². The van der Waals surface area contributed by atoms with E-state index in [9.17, 15) is 9.90 Å². The van der Waals surface area contributed by atoms with Gasteiger partial charge in [-0.25, -0.2) is 14.5 Å². The topological polar surface area (TPSA) is 99.4 Å². The SMILES string of the molecule is COc1cc(Cn2cc(CC3(C(=O)O)CCCO3)nn2)ccn1. The lowest BCUT2D eigenvalue weighted by Crippen LogP contribution is -2.40. The molecule has 8 nitrogen and oxygen atoms in total. The number of hydrogen-bond donors (Lipinski definition) is 1. The Morgan fingerprint density at radius 2 is 2.43 bits per heavy atom. The Labute approximate surface area is 133 Å². The fourth-order valence-corrected chi connectivity index (χ4v) is 2.72. The van der Waals surface area contributed by atoms with Crippen LogP contribution in [0.1, 0.15) is 24.1 Å². The average molecular weight is 318 g/mol. The fourth-order valence-electron chi connectivity index (χ4n) is 2.72. The van der Waals surface area contributed by atoms with Gasteiger partial charge in [0.05, 0.1) is 19.3 Å². The highest BCUT2D eigenvalue weighted by molar-refractivity contribution is 5.78. The molecule has 122 valence electrons. The predicted octanol–water partition coefficient (Wildman–Crippen LogP) is 0.906. The van der Waals surface area contributed by atoms with E-state index in [1.807, 2.05) is 12.1 Å². The Bertz CT molecular complexity index is 694. The second-order valence-electron chi connectivity index (χ2n) is 5.54. The minimum absolute atomic E-state index is 0.224. The summed E-state index contributed by atoms with van der Waals surface area (Å²) in [4.78, 5) is 15.5. The lowest BCUT2D eigenvalue weighted by atomic mass is 9.95. The van der Waals surface area contributed by atoms with E-state index in [-0.39, 0.29) is 6.42 Å². The number of rotatable bonds is 6. The van der Waals surface area contributed by atoms with Crippen molar-refractivity contribution in [3.63, 3.8) is 0 Å². The summed E-state index contributed by atoms with van der Waals surface area (Å²) in [7, 11) is 1.56. The van der Waals surface area contributed by atoms with Gasteiger partial charge in [-0.05, 0) is 24.5 Å². The molecule has 3 heterocycles. The molecule has 0 aliphatic carbocycles. The average Bonchev–Trinajstić information content (AvgIpc) is 3.18. The van der Waals surface area contributed by atoms with Gasteiger partial charge >= 0.3 is 5.97 Å². The number of aromatic nitrogens is 4. The zero-order valence-corrected chi connectivity index (χ0v) is 12.8. The third-order valence-corrected chi connectivity index (χ3v) is 3.90. The van der Waals surface area contributed by atoms with Crippen molar-refractivity contribution in [1.29, 1.82) is 0 Å². The molecule has 1 aliphatic heterocycles. The van der Waals surface area contributed by atoms with Crippen LogP contribution in [0.2, 0.25) is 0 Å². The van der Waals surface area contributed by atoms with Crippen LogP contribution in [0.3, 0.4) is 0 Å². The van der Waals surface area contributed by atoms with E-state index < -0.39 is 11.6 Å². The van der Waals surface area contributed by atoms with E-state index in [4.69, 9.17) is 9.47 Å². The number of carbonyl (C=O) groups is 1. The maximum Gasteiger partial charge on any atom is 0.336 e. The normalized spacial score (nSPS) is 20.6. The molecule has 2 aromatic rings. The minimum Gasteiger partial charge on any atom is -0.481 e. The standard InChI is InChI=1S/C15H18N4O4/c1-22-13-7-11(3-5-16-13)9-19-10-12(17-18-19)8-15(14(20)21)4-2-6-23-15/h3,5,7,10H,2,4,6,8-9H2,1H3,(H,20,21). The van der Waals surface area contributed by atoms with Crippen molar-refractivity contribution in [1.82, 2.24) is 20.0 Å². The second kappa shape index (κ2) is 6.33. The smallest absolute Gasteiger partial charge is 0.336 e. The van der Waals surface area contributed by atoms with Gasteiger partial charge in [0.2, 0.25) is 5.88 Å². The van der Waals surface area contributed by atoms with Gasteiger partial charge in [0, 0.05) is 31.5 Å². The molecule has 1 unspecified atom stereocenters. The summed E-state index contributed by atoms with van der Waals surface area (Å²) < 4.78 is 12.2. The monoisotopic (exact) mass is 318 g/mol. The molecule has 3 rings (SSSR count). The maximum atomic E-state index is 11.5. The van der Waals surface area contributed by atoms with Crippen LogP contribution in [0.4, 0.5) is 0 Å². The van der Waals surface area contributed by atoms with Gasteiger partial charge in [-0.3, -0.25) is 0 Å². The van der Waals surface area contributed by atoms with Crippen molar-refractivity contribution in [3.8, 4) is 5.88 Å². The molecule has 2 aromatic heterocycles. The van der Waals surface area contributed by atoms with Gasteiger partial charge in [-0.15, -0.1) is 5.10 Å². The molecule has 0 amide bonds. The molecule has 0 spiro atoms. The van der Waals surface area contributed by atoms with Gasteiger partial charge in [0.15, 0.2) is 5.60 Å². The van der Waals surface area contributed by atoms with Crippen LogP contribution in [0.25, 0.3) is 0 Å². The van der Waals surface area contributed by atoms with Gasteiger partial charge in [0.25, 0.3) is 0 Å². The third-order valence-electron chi connectivity index (χ3n) is 3.90. The Balaban J connectivity index is 1.71. The van der Waals surface area contributed by atoms with E-state index in [2.05, 4.69) is 15.3 Å². The molecule has 1 aliphatic rings. The Morgan fingerprint density at radius 1 is 1.57 bits per heavy atom. The molecular formula is C15H18N4O4. The summed E-state index contributed by atoms with van der Waals surface area (Å²) in [6.07, 6.45) is 4.88. The molecule has 1 N–H and O–H groups in total. The highest BCUT2D eigenvalue weighted by atomic mass is 16.5. The van der Waals surface area contributed by atoms with Crippen molar-refractivity contribution in [3.05, 3.63) is 35.8 Å². The van der Waals surface area contributed by atoms with Crippen molar-refractivity contribution in [2.75, 3.05) is 13.7 Å². The number of nitrogens with zero attached hydrogens (tertiary/aromatic N) is 4. The molecule has 1 saturated heterocycles. The largest absolute Gasteiger partial charge is 0.481 e. The third kappa shape index (κ3) is 3.31. The van der Waals surface area contributed by atoms with Crippen LogP contribution in [0, 0.1) is 0 Å².